The first kappa shape index (κ1) is 15.0. The third kappa shape index (κ3) is 5.60. The summed E-state index contributed by atoms with van der Waals surface area (Å²) in [5.74, 6) is -3.10. The number of alkyl halides is 3. The molecule has 0 aliphatic heterocycles. The highest BCUT2D eigenvalue weighted by atomic mass is 127. The van der Waals surface area contributed by atoms with Crippen molar-refractivity contribution in [3.8, 4) is 0 Å². The van der Waals surface area contributed by atoms with Gasteiger partial charge < -0.3 is 10.6 Å². The predicted molar refractivity (Wildman–Crippen MR) is 64.6 cm³/mol. The highest BCUT2D eigenvalue weighted by Crippen LogP contribution is 2.35. The molecule has 90 valence electrons. The molecule has 0 rings (SSSR count). The van der Waals surface area contributed by atoms with Gasteiger partial charge in [0.15, 0.2) is 0 Å². The normalized spacial score (nSPS) is 12.7. The van der Waals surface area contributed by atoms with Gasteiger partial charge in [0.25, 0.3) is 5.92 Å². The van der Waals surface area contributed by atoms with E-state index in [1.807, 2.05) is 0 Å². The van der Waals surface area contributed by atoms with E-state index in [1.54, 1.807) is 29.5 Å². The van der Waals surface area contributed by atoms with Gasteiger partial charge in [-0.2, -0.15) is 0 Å². The van der Waals surface area contributed by atoms with Crippen LogP contribution < -0.4 is 10.6 Å². The first-order valence-electron chi connectivity index (χ1n) is 4.75. The number of rotatable bonds is 6. The zero-order chi connectivity index (χ0) is 12.1. The molecule has 0 atom stereocenters. The van der Waals surface area contributed by atoms with Crippen molar-refractivity contribution < 1.29 is 13.6 Å². The molecule has 3 nitrogen and oxygen atoms in total. The van der Waals surface area contributed by atoms with Crippen molar-refractivity contribution in [1.29, 1.82) is 0 Å². The highest BCUT2D eigenvalue weighted by Gasteiger charge is 2.44. The second kappa shape index (κ2) is 5.93. The summed E-state index contributed by atoms with van der Waals surface area (Å²) in [4.78, 5) is 11.0. The Bertz CT molecular complexity index is 217. The van der Waals surface area contributed by atoms with Crippen LogP contribution in [0.5, 0.6) is 0 Å². The van der Waals surface area contributed by atoms with Crippen molar-refractivity contribution in [2.75, 3.05) is 19.6 Å². The molecule has 0 heterocycles. The number of likely N-dealkylation sites (N-methyl/N-ethyl adjacent to an activating group) is 1. The SMILES string of the molecule is CCNC(=O)CNCC(F)(F)C(C)(C)I. The quantitative estimate of drug-likeness (QED) is 0.572. The smallest absolute Gasteiger partial charge is 0.274 e. The highest BCUT2D eigenvalue weighted by molar-refractivity contribution is 14.1. The Morgan fingerprint density at radius 3 is 2.33 bits per heavy atom. The molecule has 0 aliphatic rings. The zero-order valence-electron chi connectivity index (χ0n) is 9.16. The van der Waals surface area contributed by atoms with Gasteiger partial charge in [0.2, 0.25) is 5.91 Å². The van der Waals surface area contributed by atoms with Crippen molar-refractivity contribution in [3.63, 3.8) is 0 Å². The van der Waals surface area contributed by atoms with Crippen molar-refractivity contribution in [1.82, 2.24) is 10.6 Å². The summed E-state index contributed by atoms with van der Waals surface area (Å²) in [5.41, 5.74) is 0. The number of amides is 1. The Balaban J connectivity index is 3.91. The minimum atomic E-state index is -2.83. The fourth-order valence-electron chi connectivity index (χ4n) is 0.803. The third-order valence-electron chi connectivity index (χ3n) is 1.88. The Kier molecular flexibility index (Phi) is 5.94. The van der Waals surface area contributed by atoms with Gasteiger partial charge in [-0.15, -0.1) is 0 Å². The number of carbonyl (C=O) groups is 1. The number of hydrogen-bond donors (Lipinski definition) is 2. The van der Waals surface area contributed by atoms with Crippen LogP contribution in [0.15, 0.2) is 0 Å². The van der Waals surface area contributed by atoms with Gasteiger partial charge in [-0.05, 0) is 20.8 Å². The van der Waals surface area contributed by atoms with Crippen LogP contribution in [0, 0.1) is 0 Å². The van der Waals surface area contributed by atoms with E-state index in [2.05, 4.69) is 10.6 Å². The standard InChI is InChI=1S/C9H17F2IN2O/c1-4-14-7(15)5-13-6-9(10,11)8(2,3)12/h13H,4-6H2,1-3H3,(H,14,15). The van der Waals surface area contributed by atoms with E-state index < -0.39 is 15.9 Å². The fraction of sp³-hybridized carbons (Fsp3) is 0.889. The first-order chi connectivity index (χ1) is 6.70. The van der Waals surface area contributed by atoms with Crippen LogP contribution in [-0.2, 0) is 4.79 Å². The lowest BCUT2D eigenvalue weighted by atomic mass is 10.1. The molecule has 2 N–H and O–H groups in total. The minimum Gasteiger partial charge on any atom is -0.355 e. The summed E-state index contributed by atoms with van der Waals surface area (Å²) in [6.45, 7) is 4.65. The summed E-state index contributed by atoms with van der Waals surface area (Å²) >= 11 is 1.70. The zero-order valence-corrected chi connectivity index (χ0v) is 11.3. The molecule has 0 spiro atoms. The van der Waals surface area contributed by atoms with Crippen LogP contribution >= 0.6 is 22.6 Å². The maximum absolute atomic E-state index is 13.4. The molecular weight excluding hydrogens is 317 g/mol. The van der Waals surface area contributed by atoms with E-state index >= 15 is 0 Å². The lowest BCUT2D eigenvalue weighted by Crippen LogP contribution is -2.47. The molecule has 0 unspecified atom stereocenters. The molecule has 0 aliphatic carbocycles. The summed E-state index contributed by atoms with van der Waals surface area (Å²) in [5, 5.41) is 4.97. The second-order valence-corrected chi connectivity index (χ2v) is 6.43. The second-order valence-electron chi connectivity index (χ2n) is 3.73. The monoisotopic (exact) mass is 334 g/mol. The average molecular weight is 334 g/mol. The molecule has 0 aromatic heterocycles. The van der Waals surface area contributed by atoms with Crippen LogP contribution in [0.25, 0.3) is 0 Å². The maximum Gasteiger partial charge on any atom is 0.274 e. The first-order valence-corrected chi connectivity index (χ1v) is 5.82. The molecule has 0 fully saturated rings. The minimum absolute atomic E-state index is 0.0733. The van der Waals surface area contributed by atoms with Gasteiger partial charge in [0, 0.05) is 6.54 Å². The molecule has 0 saturated heterocycles. The molecular formula is C9H17F2IN2O. The predicted octanol–water partition coefficient (Wildman–Crippen LogP) is 1.56. The largest absolute Gasteiger partial charge is 0.355 e. The van der Waals surface area contributed by atoms with E-state index in [9.17, 15) is 13.6 Å². The molecule has 0 aromatic rings. The van der Waals surface area contributed by atoms with Crippen LogP contribution in [-0.4, -0.2) is 34.9 Å². The van der Waals surface area contributed by atoms with Crippen molar-refractivity contribution in [2.45, 2.75) is 30.1 Å². The van der Waals surface area contributed by atoms with Crippen LogP contribution in [0.3, 0.4) is 0 Å². The molecule has 0 radical (unpaired) electrons. The van der Waals surface area contributed by atoms with E-state index in [1.165, 1.54) is 13.8 Å². The van der Waals surface area contributed by atoms with Gasteiger partial charge in [-0.25, -0.2) is 8.78 Å². The van der Waals surface area contributed by atoms with Gasteiger partial charge in [0.1, 0.15) is 0 Å². The summed E-state index contributed by atoms with van der Waals surface area (Å²) < 4.78 is 25.6. The molecule has 0 aromatic carbocycles. The van der Waals surface area contributed by atoms with Gasteiger partial charge in [-0.3, -0.25) is 4.79 Å². The Morgan fingerprint density at radius 2 is 1.93 bits per heavy atom. The lowest BCUT2D eigenvalue weighted by Gasteiger charge is -2.28. The van der Waals surface area contributed by atoms with E-state index in [0.29, 0.717) is 6.54 Å². The molecule has 0 saturated carbocycles. The Morgan fingerprint density at radius 1 is 1.40 bits per heavy atom. The summed E-state index contributed by atoms with van der Waals surface area (Å²) in [7, 11) is 0. The molecule has 0 bridgehead atoms. The average Bonchev–Trinajstić information content (AvgIpc) is 2.01. The van der Waals surface area contributed by atoms with Crippen LogP contribution in [0.4, 0.5) is 8.78 Å². The Labute approximate surface area is 103 Å². The summed E-state index contributed by atoms with van der Waals surface area (Å²) in [6.07, 6.45) is 0. The van der Waals surface area contributed by atoms with Crippen LogP contribution in [0.1, 0.15) is 20.8 Å². The number of nitrogens with one attached hydrogen (secondary N) is 2. The number of halogens is 3. The van der Waals surface area contributed by atoms with E-state index in [0.717, 1.165) is 0 Å². The van der Waals surface area contributed by atoms with Crippen molar-refractivity contribution in [3.05, 3.63) is 0 Å². The fourth-order valence-corrected chi connectivity index (χ4v) is 0.994. The van der Waals surface area contributed by atoms with Gasteiger partial charge >= 0.3 is 0 Å². The van der Waals surface area contributed by atoms with Crippen molar-refractivity contribution in [2.24, 2.45) is 0 Å². The summed E-state index contributed by atoms with van der Waals surface area (Å²) in [6, 6.07) is 0. The molecule has 6 heteroatoms. The number of hydrogen-bond acceptors (Lipinski definition) is 2. The third-order valence-corrected chi connectivity index (χ3v) is 2.67. The van der Waals surface area contributed by atoms with Crippen molar-refractivity contribution >= 4 is 28.5 Å². The maximum atomic E-state index is 13.4. The van der Waals surface area contributed by atoms with Gasteiger partial charge in [-0.1, -0.05) is 22.6 Å². The molecule has 15 heavy (non-hydrogen) atoms. The molecule has 1 amide bonds. The number of carbonyl (C=O) groups excluding carboxylic acids is 1. The van der Waals surface area contributed by atoms with Gasteiger partial charge in [0.05, 0.1) is 16.5 Å². The topological polar surface area (TPSA) is 41.1 Å². The Hall–Kier alpha value is 0.0200. The van der Waals surface area contributed by atoms with E-state index in [4.69, 9.17) is 0 Å². The lowest BCUT2D eigenvalue weighted by molar-refractivity contribution is -0.120. The van der Waals surface area contributed by atoms with Crippen LogP contribution in [0.2, 0.25) is 0 Å². The van der Waals surface area contributed by atoms with E-state index in [-0.39, 0.29) is 12.5 Å².